The third kappa shape index (κ3) is 5.49. The number of rotatable bonds is 7. The topological polar surface area (TPSA) is 125 Å². The summed E-state index contributed by atoms with van der Waals surface area (Å²) < 4.78 is 11.5. The monoisotopic (exact) mass is 897 g/mol. The standard InChI is InChI=1S/C40H31Cl3IN3O7/c1-53-24-10-3-20(4-11-24)40-28(37(50)47(39(40)52)45-31-14-7-22(42)17-29(31)43)18-27-25(34(40)19-15-30(44)35(48)32(16-19)54-2)12-13-26-33(27)38(51)46(36(26)49)23-8-5-21(41)6-9-23/h3-12,14-17,26-28,33-34,45,48H,13,18H2,1-2H3/t26-,27+,28-,33-,34-,40+/m0/s1. The number of phenolic OH excluding ortho intramolecular Hbond substituents is 1. The van der Waals surface area contributed by atoms with Crippen LogP contribution in [0.3, 0.4) is 0 Å². The van der Waals surface area contributed by atoms with E-state index in [1.807, 2.05) is 28.7 Å². The first-order valence-electron chi connectivity index (χ1n) is 17.0. The zero-order valence-electron chi connectivity index (χ0n) is 28.7. The van der Waals surface area contributed by atoms with E-state index in [9.17, 15) is 19.5 Å². The van der Waals surface area contributed by atoms with Crippen molar-refractivity contribution >= 4 is 92.4 Å². The Morgan fingerprint density at radius 2 is 1.54 bits per heavy atom. The molecule has 8 rings (SSSR count). The number of imide groups is 2. The number of fused-ring (bicyclic) bond motifs is 4. The number of carbonyl (C=O) groups excluding carboxylic acids is 4. The summed E-state index contributed by atoms with van der Waals surface area (Å²) in [6.07, 6.45) is 2.29. The quantitative estimate of drug-likeness (QED) is 0.108. The first-order chi connectivity index (χ1) is 25.9. The maximum Gasteiger partial charge on any atom is 0.260 e. The number of ether oxygens (including phenoxy) is 2. The molecule has 0 bridgehead atoms. The van der Waals surface area contributed by atoms with Gasteiger partial charge in [0.2, 0.25) is 11.8 Å². The van der Waals surface area contributed by atoms with E-state index < -0.39 is 46.8 Å². The minimum absolute atomic E-state index is 0.0772. The lowest BCUT2D eigenvalue weighted by Gasteiger charge is -2.50. The van der Waals surface area contributed by atoms with E-state index in [1.165, 1.54) is 25.2 Å². The predicted octanol–water partition coefficient (Wildman–Crippen LogP) is 8.16. The molecular weight excluding hydrogens is 868 g/mol. The number of anilines is 2. The molecule has 14 heteroatoms. The van der Waals surface area contributed by atoms with Gasteiger partial charge in [-0.1, -0.05) is 58.6 Å². The number of hydrazine groups is 1. The molecule has 0 unspecified atom stereocenters. The number of hydrogen-bond donors (Lipinski definition) is 2. The van der Waals surface area contributed by atoms with E-state index in [2.05, 4.69) is 5.43 Å². The van der Waals surface area contributed by atoms with Gasteiger partial charge in [-0.15, -0.1) is 0 Å². The van der Waals surface area contributed by atoms with Crippen LogP contribution in [0.15, 0.2) is 90.5 Å². The van der Waals surface area contributed by atoms with E-state index in [4.69, 9.17) is 44.3 Å². The minimum Gasteiger partial charge on any atom is -0.504 e. The molecule has 10 nitrogen and oxygen atoms in total. The summed E-state index contributed by atoms with van der Waals surface area (Å²) >= 11 is 20.9. The van der Waals surface area contributed by atoms with E-state index in [0.29, 0.717) is 36.2 Å². The third-order valence-electron chi connectivity index (χ3n) is 11.3. The van der Waals surface area contributed by atoms with Crippen molar-refractivity contribution in [2.24, 2.45) is 23.7 Å². The second-order valence-corrected chi connectivity index (χ2v) is 16.2. The molecule has 2 aliphatic heterocycles. The molecule has 4 aromatic rings. The Hall–Kier alpha value is -4.30. The van der Waals surface area contributed by atoms with Crippen LogP contribution < -0.4 is 19.8 Å². The molecule has 4 aliphatic rings. The summed E-state index contributed by atoms with van der Waals surface area (Å²) in [7, 11) is 2.97. The normalized spacial score (nSPS) is 26.0. The molecule has 54 heavy (non-hydrogen) atoms. The molecule has 0 spiro atoms. The summed E-state index contributed by atoms with van der Waals surface area (Å²) in [4.78, 5) is 60.3. The summed E-state index contributed by atoms with van der Waals surface area (Å²) in [5, 5.41) is 13.0. The molecule has 4 aromatic carbocycles. The number of allylic oxidation sites excluding steroid dienone is 2. The van der Waals surface area contributed by atoms with Gasteiger partial charge in [-0.05, 0) is 119 Å². The van der Waals surface area contributed by atoms with E-state index in [0.717, 1.165) is 10.6 Å². The van der Waals surface area contributed by atoms with Crippen molar-refractivity contribution in [1.29, 1.82) is 0 Å². The molecule has 2 saturated heterocycles. The Kier molecular flexibility index (Phi) is 9.35. The highest BCUT2D eigenvalue weighted by molar-refractivity contribution is 14.1. The average Bonchev–Trinajstić information content (AvgIpc) is 3.54. The van der Waals surface area contributed by atoms with Crippen LogP contribution in [0.25, 0.3) is 0 Å². The van der Waals surface area contributed by atoms with Gasteiger partial charge in [0.25, 0.3) is 11.8 Å². The minimum atomic E-state index is -1.57. The maximum atomic E-state index is 15.5. The summed E-state index contributed by atoms with van der Waals surface area (Å²) in [5.74, 6) is -5.10. The molecule has 4 amide bonds. The summed E-state index contributed by atoms with van der Waals surface area (Å²) in [6, 6.07) is 21.7. The molecule has 0 radical (unpaired) electrons. The largest absolute Gasteiger partial charge is 0.504 e. The molecule has 3 fully saturated rings. The predicted molar refractivity (Wildman–Crippen MR) is 212 cm³/mol. The highest BCUT2D eigenvalue weighted by Gasteiger charge is 2.70. The lowest BCUT2D eigenvalue weighted by molar-refractivity contribution is -0.138. The van der Waals surface area contributed by atoms with Crippen molar-refractivity contribution in [3.05, 3.63) is 120 Å². The molecule has 2 heterocycles. The van der Waals surface area contributed by atoms with Crippen molar-refractivity contribution in [2.45, 2.75) is 24.2 Å². The zero-order valence-corrected chi connectivity index (χ0v) is 33.1. The van der Waals surface area contributed by atoms with Gasteiger partial charge < -0.3 is 14.6 Å². The SMILES string of the molecule is COc1ccc([C@@]23C(=O)N(Nc4ccc(Cl)cc4Cl)C(=O)[C@@H]2C[C@@H]2C(=CC[C@@H]4C(=O)N(c5ccc(Cl)cc5)C(=O)[C@@H]42)[C@@H]3c2cc(I)c(O)c(OC)c2)cc1. The molecule has 0 aromatic heterocycles. The van der Waals surface area contributed by atoms with Gasteiger partial charge in [-0.25, -0.2) is 0 Å². The Morgan fingerprint density at radius 3 is 2.20 bits per heavy atom. The van der Waals surface area contributed by atoms with Gasteiger partial charge in [-0.2, -0.15) is 5.01 Å². The molecule has 276 valence electrons. The fourth-order valence-electron chi connectivity index (χ4n) is 8.98. The highest BCUT2D eigenvalue weighted by atomic mass is 127. The third-order valence-corrected chi connectivity index (χ3v) is 12.9. The fraction of sp³-hybridized carbons (Fsp3) is 0.250. The lowest BCUT2D eigenvalue weighted by atomic mass is 9.49. The van der Waals surface area contributed by atoms with E-state index in [1.54, 1.807) is 72.8 Å². The van der Waals surface area contributed by atoms with Gasteiger partial charge >= 0.3 is 0 Å². The zero-order chi connectivity index (χ0) is 38.2. The van der Waals surface area contributed by atoms with Crippen LogP contribution in [0.1, 0.15) is 29.9 Å². The van der Waals surface area contributed by atoms with E-state index in [-0.39, 0.29) is 46.9 Å². The number of nitrogens with one attached hydrogen (secondary N) is 1. The van der Waals surface area contributed by atoms with Crippen molar-refractivity contribution in [1.82, 2.24) is 5.01 Å². The number of phenols is 1. The second kappa shape index (κ2) is 13.8. The fourth-order valence-corrected chi connectivity index (χ4v) is 10.2. The van der Waals surface area contributed by atoms with Crippen LogP contribution in [-0.2, 0) is 24.6 Å². The lowest BCUT2D eigenvalue weighted by Crippen LogP contribution is -2.53. The number of aromatic hydroxyl groups is 1. The first-order valence-corrected chi connectivity index (χ1v) is 19.3. The first kappa shape index (κ1) is 36.7. The molecule has 6 atom stereocenters. The molecule has 2 aliphatic carbocycles. The Bertz CT molecular complexity index is 2290. The second-order valence-electron chi connectivity index (χ2n) is 13.8. The van der Waals surface area contributed by atoms with Crippen LogP contribution in [0.2, 0.25) is 15.1 Å². The number of carbonyl (C=O) groups is 4. The van der Waals surface area contributed by atoms with Crippen LogP contribution in [0.4, 0.5) is 11.4 Å². The van der Waals surface area contributed by atoms with Crippen molar-refractivity contribution < 1.29 is 33.8 Å². The Balaban J connectivity index is 1.35. The average molecular weight is 899 g/mol. The van der Waals surface area contributed by atoms with Gasteiger partial charge in [0.15, 0.2) is 11.5 Å². The number of nitrogens with zero attached hydrogens (tertiary/aromatic N) is 2. The Morgan fingerprint density at radius 1 is 0.833 bits per heavy atom. The number of amides is 4. The van der Waals surface area contributed by atoms with Gasteiger partial charge in [0.1, 0.15) is 5.75 Å². The number of benzene rings is 4. The summed E-state index contributed by atoms with van der Waals surface area (Å²) in [5.41, 5.74) is 4.00. The van der Waals surface area contributed by atoms with Crippen LogP contribution in [-0.4, -0.2) is 48.0 Å². The highest BCUT2D eigenvalue weighted by Crippen LogP contribution is 2.64. The number of hydrogen-bond acceptors (Lipinski definition) is 8. The van der Waals surface area contributed by atoms with E-state index >= 15 is 4.79 Å². The van der Waals surface area contributed by atoms with Crippen LogP contribution in [0.5, 0.6) is 17.2 Å². The van der Waals surface area contributed by atoms with Crippen molar-refractivity contribution in [2.75, 3.05) is 24.5 Å². The van der Waals surface area contributed by atoms with Gasteiger partial charge in [0, 0.05) is 16.0 Å². The van der Waals surface area contributed by atoms with Crippen molar-refractivity contribution in [3.8, 4) is 17.2 Å². The number of halogens is 4. The molecular formula is C40H31Cl3IN3O7. The smallest absolute Gasteiger partial charge is 0.260 e. The van der Waals surface area contributed by atoms with Crippen LogP contribution >= 0.6 is 57.4 Å². The maximum absolute atomic E-state index is 15.5. The van der Waals surface area contributed by atoms with Crippen molar-refractivity contribution in [3.63, 3.8) is 0 Å². The van der Waals surface area contributed by atoms with Gasteiger partial charge in [-0.3, -0.25) is 29.5 Å². The summed E-state index contributed by atoms with van der Waals surface area (Å²) in [6.45, 7) is 0. The number of methoxy groups -OCH3 is 2. The molecule has 1 saturated carbocycles. The Labute approximate surface area is 339 Å². The van der Waals surface area contributed by atoms with Crippen LogP contribution in [0, 0.1) is 27.2 Å². The van der Waals surface area contributed by atoms with Gasteiger partial charge in [0.05, 0.1) is 57.4 Å². The molecule has 2 N–H and O–H groups in total.